The Bertz CT molecular complexity index is 471. The number of hydrogen-bond acceptors (Lipinski definition) is 1. The highest BCUT2D eigenvalue weighted by atomic mass is 16.5. The lowest BCUT2D eigenvalue weighted by atomic mass is 9.95. The van der Waals surface area contributed by atoms with Crippen molar-refractivity contribution in [2.75, 3.05) is 6.61 Å². The molecule has 0 aliphatic heterocycles. The molecule has 1 aromatic carbocycles. The van der Waals surface area contributed by atoms with Gasteiger partial charge >= 0.3 is 0 Å². The number of rotatable bonds is 6. The lowest BCUT2D eigenvalue weighted by Gasteiger charge is -2.14. The van der Waals surface area contributed by atoms with Crippen molar-refractivity contribution < 1.29 is 4.74 Å². The second-order valence-electron chi connectivity index (χ2n) is 5.29. The Kier molecular flexibility index (Phi) is 4.84. The van der Waals surface area contributed by atoms with Crippen LogP contribution >= 0.6 is 0 Å². The minimum absolute atomic E-state index is 0.682. The van der Waals surface area contributed by atoms with Gasteiger partial charge in [0.1, 0.15) is 5.75 Å². The molecular formula is C18H24O. The molecule has 2 rings (SSSR count). The summed E-state index contributed by atoms with van der Waals surface area (Å²) in [7, 11) is 0. The molecule has 1 atom stereocenters. The summed E-state index contributed by atoms with van der Waals surface area (Å²) in [4.78, 5) is 0. The van der Waals surface area contributed by atoms with Crippen molar-refractivity contribution >= 4 is 0 Å². The second-order valence-corrected chi connectivity index (χ2v) is 5.29. The first-order valence-electron chi connectivity index (χ1n) is 7.26. The third-order valence-electron chi connectivity index (χ3n) is 3.82. The van der Waals surface area contributed by atoms with Gasteiger partial charge in [-0.15, -0.1) is 6.58 Å². The molecule has 0 radical (unpaired) electrons. The molecule has 0 bridgehead atoms. The van der Waals surface area contributed by atoms with E-state index in [1.807, 2.05) is 13.0 Å². The molecule has 102 valence electrons. The monoisotopic (exact) mass is 256 g/mol. The fourth-order valence-electron chi connectivity index (χ4n) is 2.92. The van der Waals surface area contributed by atoms with E-state index in [0.29, 0.717) is 5.92 Å². The fraction of sp³-hybridized carbons (Fsp3) is 0.444. The molecule has 0 saturated carbocycles. The first kappa shape index (κ1) is 13.9. The molecule has 1 heteroatoms. The molecule has 0 N–H and O–H groups in total. The maximum absolute atomic E-state index is 5.87. The zero-order valence-corrected chi connectivity index (χ0v) is 12.1. The molecular weight excluding hydrogens is 232 g/mol. The maximum atomic E-state index is 5.87. The molecule has 1 unspecified atom stereocenters. The van der Waals surface area contributed by atoms with Crippen molar-refractivity contribution in [1.29, 1.82) is 0 Å². The van der Waals surface area contributed by atoms with E-state index in [-0.39, 0.29) is 0 Å². The Balaban J connectivity index is 2.17. The predicted molar refractivity (Wildman–Crippen MR) is 82.0 cm³/mol. The normalized spacial score (nSPS) is 17.7. The van der Waals surface area contributed by atoms with E-state index < -0.39 is 0 Å². The van der Waals surface area contributed by atoms with Crippen LogP contribution in [0.3, 0.4) is 0 Å². The van der Waals surface area contributed by atoms with Gasteiger partial charge in [-0.2, -0.15) is 0 Å². The Morgan fingerprint density at radius 1 is 1.42 bits per heavy atom. The van der Waals surface area contributed by atoms with Crippen molar-refractivity contribution in [3.8, 4) is 5.75 Å². The second kappa shape index (κ2) is 6.60. The van der Waals surface area contributed by atoms with E-state index in [1.165, 1.54) is 24.0 Å². The van der Waals surface area contributed by atoms with Gasteiger partial charge in [-0.25, -0.2) is 0 Å². The highest BCUT2D eigenvalue weighted by Crippen LogP contribution is 2.38. The molecule has 1 aliphatic carbocycles. The average molecular weight is 256 g/mol. The van der Waals surface area contributed by atoms with Gasteiger partial charge in [-0.05, 0) is 67.3 Å². The minimum atomic E-state index is 0.682. The zero-order chi connectivity index (χ0) is 13.7. The molecule has 0 amide bonds. The number of aryl methyl sites for hydroxylation is 1. The molecule has 19 heavy (non-hydrogen) atoms. The van der Waals surface area contributed by atoms with E-state index in [2.05, 4.69) is 37.8 Å². The summed E-state index contributed by atoms with van der Waals surface area (Å²) in [5.41, 5.74) is 4.42. The SMILES string of the molecule is C=CCc1cc(OCC/C=C/C)cc2c1C(C)CC2. The third-order valence-corrected chi connectivity index (χ3v) is 3.82. The van der Waals surface area contributed by atoms with Gasteiger partial charge in [-0.1, -0.05) is 25.2 Å². The van der Waals surface area contributed by atoms with Crippen LogP contribution in [0.4, 0.5) is 0 Å². The molecule has 1 aliphatic rings. The van der Waals surface area contributed by atoms with Crippen LogP contribution in [-0.4, -0.2) is 6.61 Å². The highest BCUT2D eigenvalue weighted by Gasteiger charge is 2.22. The summed E-state index contributed by atoms with van der Waals surface area (Å²) in [5, 5.41) is 0. The molecule has 0 fully saturated rings. The van der Waals surface area contributed by atoms with Crippen molar-refractivity contribution in [2.24, 2.45) is 0 Å². The van der Waals surface area contributed by atoms with Crippen LogP contribution in [-0.2, 0) is 12.8 Å². The zero-order valence-electron chi connectivity index (χ0n) is 12.1. The Labute approximate surface area is 117 Å². The van der Waals surface area contributed by atoms with Gasteiger partial charge in [0.05, 0.1) is 6.61 Å². The van der Waals surface area contributed by atoms with Crippen molar-refractivity contribution in [3.63, 3.8) is 0 Å². The first-order valence-corrected chi connectivity index (χ1v) is 7.26. The van der Waals surface area contributed by atoms with E-state index >= 15 is 0 Å². The van der Waals surface area contributed by atoms with Crippen LogP contribution in [0, 0.1) is 0 Å². The van der Waals surface area contributed by atoms with E-state index in [9.17, 15) is 0 Å². The van der Waals surface area contributed by atoms with Crippen LogP contribution in [0.15, 0.2) is 36.9 Å². The summed E-state index contributed by atoms with van der Waals surface area (Å²) in [5.74, 6) is 1.70. The van der Waals surface area contributed by atoms with E-state index in [4.69, 9.17) is 4.74 Å². The minimum Gasteiger partial charge on any atom is -0.493 e. The summed E-state index contributed by atoms with van der Waals surface area (Å²) >= 11 is 0. The number of benzene rings is 1. The van der Waals surface area contributed by atoms with Crippen LogP contribution in [0.25, 0.3) is 0 Å². The van der Waals surface area contributed by atoms with Gasteiger partial charge in [0.15, 0.2) is 0 Å². The summed E-state index contributed by atoms with van der Waals surface area (Å²) in [6.07, 6.45) is 10.6. The van der Waals surface area contributed by atoms with Gasteiger partial charge in [0.2, 0.25) is 0 Å². The number of allylic oxidation sites excluding steroid dienone is 2. The lowest BCUT2D eigenvalue weighted by molar-refractivity contribution is 0.324. The molecule has 0 spiro atoms. The fourth-order valence-corrected chi connectivity index (χ4v) is 2.92. The average Bonchev–Trinajstić information content (AvgIpc) is 2.77. The van der Waals surface area contributed by atoms with Crippen LogP contribution in [0.5, 0.6) is 5.75 Å². The predicted octanol–water partition coefficient (Wildman–Crippen LogP) is 4.81. The Morgan fingerprint density at radius 2 is 2.26 bits per heavy atom. The summed E-state index contributed by atoms with van der Waals surface area (Å²) < 4.78 is 5.87. The lowest BCUT2D eigenvalue weighted by Crippen LogP contribution is -2.00. The largest absolute Gasteiger partial charge is 0.493 e. The standard InChI is InChI=1S/C18H24O/c1-4-6-7-11-19-17-12-15(8-5-2)18-14(3)9-10-16(18)13-17/h4-6,12-14H,2,7-11H2,1,3H3/b6-4+. The smallest absolute Gasteiger partial charge is 0.119 e. The van der Waals surface area contributed by atoms with Crippen molar-refractivity contribution in [3.05, 3.63) is 53.6 Å². The topological polar surface area (TPSA) is 9.23 Å². The van der Waals surface area contributed by atoms with Crippen LogP contribution in [0.2, 0.25) is 0 Å². The van der Waals surface area contributed by atoms with Crippen molar-refractivity contribution in [2.45, 2.75) is 45.4 Å². The number of ether oxygens (including phenoxy) is 1. The van der Waals surface area contributed by atoms with Gasteiger partial charge in [0.25, 0.3) is 0 Å². The molecule has 1 nitrogen and oxygen atoms in total. The quantitative estimate of drug-likeness (QED) is 0.524. The highest BCUT2D eigenvalue weighted by molar-refractivity contribution is 5.47. The van der Waals surface area contributed by atoms with E-state index in [0.717, 1.165) is 25.2 Å². The Morgan fingerprint density at radius 3 is 3.00 bits per heavy atom. The van der Waals surface area contributed by atoms with Gasteiger partial charge < -0.3 is 4.74 Å². The summed E-state index contributed by atoms with van der Waals surface area (Å²) in [6, 6.07) is 4.44. The third kappa shape index (κ3) is 3.28. The molecule has 0 heterocycles. The summed E-state index contributed by atoms with van der Waals surface area (Å²) in [6.45, 7) is 8.99. The molecule has 0 saturated heterocycles. The number of fused-ring (bicyclic) bond motifs is 1. The number of hydrogen-bond donors (Lipinski definition) is 0. The van der Waals surface area contributed by atoms with E-state index in [1.54, 1.807) is 5.56 Å². The van der Waals surface area contributed by atoms with Gasteiger partial charge in [-0.3, -0.25) is 0 Å². The Hall–Kier alpha value is -1.50. The van der Waals surface area contributed by atoms with Gasteiger partial charge in [0, 0.05) is 0 Å². The van der Waals surface area contributed by atoms with Crippen molar-refractivity contribution in [1.82, 2.24) is 0 Å². The molecule has 1 aromatic rings. The molecule has 0 aromatic heterocycles. The first-order chi connectivity index (χ1) is 9.26. The maximum Gasteiger partial charge on any atom is 0.119 e. The van der Waals surface area contributed by atoms with Crippen LogP contribution < -0.4 is 4.74 Å². The van der Waals surface area contributed by atoms with Crippen LogP contribution in [0.1, 0.15) is 49.3 Å².